The van der Waals surface area contributed by atoms with Gasteiger partial charge in [-0.15, -0.1) is 0 Å². The first kappa shape index (κ1) is 33.5. The third kappa shape index (κ3) is 9.06. The van der Waals surface area contributed by atoms with Crippen LogP contribution in [-0.4, -0.2) is 79.5 Å². The highest BCUT2D eigenvalue weighted by Crippen LogP contribution is 2.38. The summed E-state index contributed by atoms with van der Waals surface area (Å²) in [6.45, 7) is 9.60. The summed E-state index contributed by atoms with van der Waals surface area (Å²) in [5, 5.41) is 3.15. The number of hydrogen-bond acceptors (Lipinski definition) is 7. The Kier molecular flexibility index (Phi) is 11.5. The molecule has 2 aromatic carbocycles. The highest BCUT2D eigenvalue weighted by Gasteiger charge is 2.54. The summed E-state index contributed by atoms with van der Waals surface area (Å²) < 4.78 is 23.7. The monoisotopic (exact) mass is 607 g/mol. The molecule has 0 saturated carbocycles. The maximum Gasteiger partial charge on any atom is 0.481 e. The Bertz CT molecular complexity index is 1220. The fourth-order valence-electron chi connectivity index (χ4n) is 5.57. The molecule has 11 heteroatoms. The van der Waals surface area contributed by atoms with Crippen LogP contribution in [0.3, 0.4) is 0 Å². The molecule has 44 heavy (non-hydrogen) atoms. The fraction of sp³-hybridized carbons (Fsp3) is 0.545. The number of nitrogens with one attached hydrogen (secondary N) is 1. The second-order valence-corrected chi connectivity index (χ2v) is 12.6. The molecular formula is C33H46BN3O7. The Balaban J connectivity index is 1.59. The van der Waals surface area contributed by atoms with Gasteiger partial charge in [0.25, 0.3) is 0 Å². The number of nitrogens with two attached hydrogens (primary N) is 1. The Labute approximate surface area is 261 Å². The van der Waals surface area contributed by atoms with Crippen LogP contribution in [0.4, 0.5) is 4.79 Å². The van der Waals surface area contributed by atoms with Gasteiger partial charge in [0, 0.05) is 25.9 Å². The first-order valence-electron chi connectivity index (χ1n) is 15.5. The average Bonchev–Trinajstić information content (AvgIpc) is 3.22. The van der Waals surface area contributed by atoms with E-state index in [0.29, 0.717) is 32.7 Å². The molecule has 0 aromatic heterocycles. The smallest absolute Gasteiger partial charge is 0.445 e. The van der Waals surface area contributed by atoms with Gasteiger partial charge in [-0.25, -0.2) is 4.79 Å². The summed E-state index contributed by atoms with van der Waals surface area (Å²) in [5.41, 5.74) is 6.34. The van der Waals surface area contributed by atoms with E-state index >= 15 is 0 Å². The van der Waals surface area contributed by atoms with Crippen LogP contribution in [-0.2, 0) is 41.2 Å². The third-order valence-electron chi connectivity index (χ3n) is 8.84. The van der Waals surface area contributed by atoms with Crippen molar-refractivity contribution in [3.05, 3.63) is 71.8 Å². The van der Waals surface area contributed by atoms with Crippen molar-refractivity contribution in [1.82, 2.24) is 10.2 Å². The van der Waals surface area contributed by atoms with Crippen LogP contribution < -0.4 is 11.1 Å². The number of benzene rings is 2. The molecule has 2 fully saturated rings. The van der Waals surface area contributed by atoms with Crippen LogP contribution in [0.5, 0.6) is 0 Å². The summed E-state index contributed by atoms with van der Waals surface area (Å²) in [7, 11) is -0.708. The summed E-state index contributed by atoms with van der Waals surface area (Å²) in [5.74, 6) is -2.15. The molecule has 3 unspecified atom stereocenters. The van der Waals surface area contributed by atoms with Crippen LogP contribution in [0, 0.1) is 5.92 Å². The van der Waals surface area contributed by atoms with Crippen LogP contribution in [0.15, 0.2) is 60.7 Å². The minimum absolute atomic E-state index is 0.156. The van der Waals surface area contributed by atoms with Gasteiger partial charge < -0.3 is 34.7 Å². The SMILES string of the molecule is CC1(C)OB(C(CCCc2ccccc2)NC(=O)C(CC(=O)N2CCOCC2)C(Cc2ccccc2)OC(N)=O)OC1(C)C. The molecule has 0 spiro atoms. The summed E-state index contributed by atoms with van der Waals surface area (Å²) in [6, 6.07) is 19.5. The minimum atomic E-state index is -1.01. The van der Waals surface area contributed by atoms with Crippen molar-refractivity contribution in [2.45, 2.75) is 83.0 Å². The standard InChI is InChI=1S/C33H46BN3O7/c1-32(2)33(3,4)44-34(43-32)28(17-11-16-24-12-7-5-8-13-24)36-30(39)26(23-29(38)37-18-20-41-21-19-37)27(42-31(35)40)22-25-14-9-6-10-15-25/h5-10,12-15,26-28H,11,16-23H2,1-4H3,(H2,35,40)(H,36,39). The molecule has 2 saturated heterocycles. The number of aryl methyl sites for hydroxylation is 1. The number of rotatable bonds is 13. The zero-order valence-electron chi connectivity index (χ0n) is 26.3. The lowest BCUT2D eigenvalue weighted by Gasteiger charge is -2.32. The Morgan fingerprint density at radius 2 is 1.50 bits per heavy atom. The van der Waals surface area contributed by atoms with E-state index in [1.807, 2.05) is 76.2 Å². The molecule has 0 aliphatic carbocycles. The predicted octanol–water partition coefficient (Wildman–Crippen LogP) is 3.70. The van der Waals surface area contributed by atoms with Crippen LogP contribution in [0.25, 0.3) is 0 Å². The van der Waals surface area contributed by atoms with Crippen molar-refractivity contribution in [3.63, 3.8) is 0 Å². The number of ether oxygens (including phenoxy) is 2. The molecule has 0 bridgehead atoms. The maximum absolute atomic E-state index is 14.2. The molecule has 3 atom stereocenters. The van der Waals surface area contributed by atoms with Crippen molar-refractivity contribution in [1.29, 1.82) is 0 Å². The maximum atomic E-state index is 14.2. The van der Waals surface area contributed by atoms with Crippen LogP contribution in [0.2, 0.25) is 0 Å². The Hall–Kier alpha value is -3.41. The number of amides is 3. The Morgan fingerprint density at radius 1 is 0.932 bits per heavy atom. The largest absolute Gasteiger partial charge is 0.481 e. The van der Waals surface area contributed by atoms with Crippen molar-refractivity contribution < 1.29 is 33.2 Å². The number of carbonyl (C=O) groups is 3. The normalized spacial score (nSPS) is 19.5. The zero-order valence-corrected chi connectivity index (χ0v) is 26.3. The van der Waals surface area contributed by atoms with E-state index < -0.39 is 48.3 Å². The van der Waals surface area contributed by atoms with Gasteiger partial charge in [0.1, 0.15) is 6.10 Å². The lowest BCUT2D eigenvalue weighted by Crippen LogP contribution is -2.53. The quantitative estimate of drug-likeness (QED) is 0.332. The highest BCUT2D eigenvalue weighted by molar-refractivity contribution is 6.48. The van der Waals surface area contributed by atoms with E-state index in [1.54, 1.807) is 4.90 Å². The zero-order chi connectivity index (χ0) is 31.7. The molecule has 2 aromatic rings. The van der Waals surface area contributed by atoms with E-state index in [2.05, 4.69) is 17.4 Å². The first-order valence-corrected chi connectivity index (χ1v) is 15.5. The lowest BCUT2D eigenvalue weighted by molar-refractivity contribution is -0.142. The number of morpholine rings is 1. The molecule has 2 aliphatic heterocycles. The number of hydrogen-bond donors (Lipinski definition) is 2. The van der Waals surface area contributed by atoms with Crippen LogP contribution >= 0.6 is 0 Å². The molecular weight excluding hydrogens is 561 g/mol. The van der Waals surface area contributed by atoms with Crippen molar-refractivity contribution in [2.75, 3.05) is 26.3 Å². The van der Waals surface area contributed by atoms with Gasteiger partial charge >= 0.3 is 13.2 Å². The summed E-state index contributed by atoms with van der Waals surface area (Å²) in [6.07, 6.45) is 0.233. The van der Waals surface area contributed by atoms with Crippen molar-refractivity contribution in [3.8, 4) is 0 Å². The van der Waals surface area contributed by atoms with Gasteiger partial charge in [-0.1, -0.05) is 60.7 Å². The molecule has 3 amide bonds. The van der Waals surface area contributed by atoms with Gasteiger partial charge in [-0.3, -0.25) is 9.59 Å². The van der Waals surface area contributed by atoms with E-state index in [0.717, 1.165) is 18.4 Å². The molecule has 10 nitrogen and oxygen atoms in total. The number of primary amides is 1. The van der Waals surface area contributed by atoms with Gasteiger partial charge in [-0.05, 0) is 58.1 Å². The summed E-state index contributed by atoms with van der Waals surface area (Å²) in [4.78, 5) is 41.5. The van der Waals surface area contributed by atoms with Gasteiger partial charge in [0.15, 0.2) is 0 Å². The van der Waals surface area contributed by atoms with E-state index in [9.17, 15) is 14.4 Å². The average molecular weight is 608 g/mol. The second kappa shape index (κ2) is 15.1. The molecule has 4 rings (SSSR count). The number of carbonyl (C=O) groups excluding carboxylic acids is 3. The lowest BCUT2D eigenvalue weighted by atomic mass is 9.74. The molecule has 3 N–H and O–H groups in total. The molecule has 2 heterocycles. The predicted molar refractivity (Wildman–Crippen MR) is 168 cm³/mol. The topological polar surface area (TPSA) is 129 Å². The molecule has 0 radical (unpaired) electrons. The van der Waals surface area contributed by atoms with Gasteiger partial charge in [0.2, 0.25) is 11.8 Å². The number of nitrogens with zero attached hydrogens (tertiary/aromatic N) is 1. The Morgan fingerprint density at radius 3 is 2.07 bits per heavy atom. The summed E-state index contributed by atoms with van der Waals surface area (Å²) >= 11 is 0. The molecule has 238 valence electrons. The first-order chi connectivity index (χ1) is 20.9. The van der Waals surface area contributed by atoms with Gasteiger partial charge in [0.05, 0.1) is 36.3 Å². The molecule has 2 aliphatic rings. The van der Waals surface area contributed by atoms with Crippen LogP contribution in [0.1, 0.15) is 58.1 Å². The third-order valence-corrected chi connectivity index (χ3v) is 8.84. The van der Waals surface area contributed by atoms with Gasteiger partial charge in [-0.2, -0.15) is 0 Å². The highest BCUT2D eigenvalue weighted by atomic mass is 16.7. The minimum Gasteiger partial charge on any atom is -0.445 e. The van der Waals surface area contributed by atoms with Crippen molar-refractivity contribution >= 4 is 25.0 Å². The van der Waals surface area contributed by atoms with E-state index in [4.69, 9.17) is 24.5 Å². The van der Waals surface area contributed by atoms with E-state index in [-0.39, 0.29) is 18.7 Å². The van der Waals surface area contributed by atoms with Crippen molar-refractivity contribution in [2.24, 2.45) is 11.7 Å². The second-order valence-electron chi connectivity index (χ2n) is 12.6. The fourth-order valence-corrected chi connectivity index (χ4v) is 5.57. The van der Waals surface area contributed by atoms with E-state index in [1.165, 1.54) is 5.56 Å².